The Balaban J connectivity index is 1.76. The summed E-state index contributed by atoms with van der Waals surface area (Å²) in [5, 5.41) is 10.5. The zero-order valence-corrected chi connectivity index (χ0v) is 11.1. The van der Waals surface area contributed by atoms with E-state index in [2.05, 4.69) is 22.1 Å². The number of carbonyl (C=O) groups excluding carboxylic acids is 1. The molecule has 0 bridgehead atoms. The Morgan fingerprint density at radius 3 is 3.24 bits per heavy atom. The number of hydrogen-bond acceptors (Lipinski definition) is 3. The predicted octanol–water partition coefficient (Wildman–Crippen LogP) is 2.32. The van der Waals surface area contributed by atoms with Gasteiger partial charge in [-0.05, 0) is 61.2 Å². The molecule has 2 unspecified atom stereocenters. The van der Waals surface area contributed by atoms with Gasteiger partial charge in [0.05, 0.1) is 6.04 Å². The maximum atomic E-state index is 11.9. The SMILES string of the molecule is CC(NC(=O)CC1CCCNC1)c1ccsc1. The van der Waals surface area contributed by atoms with E-state index in [0.29, 0.717) is 12.3 Å². The fourth-order valence-electron chi connectivity index (χ4n) is 2.27. The van der Waals surface area contributed by atoms with Crippen LogP contribution >= 0.6 is 11.3 Å². The molecule has 0 aliphatic carbocycles. The molecule has 2 rings (SSSR count). The van der Waals surface area contributed by atoms with Gasteiger partial charge < -0.3 is 10.6 Å². The van der Waals surface area contributed by atoms with Gasteiger partial charge in [0.2, 0.25) is 5.91 Å². The van der Waals surface area contributed by atoms with Crippen LogP contribution in [-0.4, -0.2) is 19.0 Å². The van der Waals surface area contributed by atoms with Crippen molar-refractivity contribution in [1.82, 2.24) is 10.6 Å². The van der Waals surface area contributed by atoms with Crippen LogP contribution in [0.3, 0.4) is 0 Å². The van der Waals surface area contributed by atoms with Crippen molar-refractivity contribution in [3.05, 3.63) is 22.4 Å². The van der Waals surface area contributed by atoms with E-state index in [1.807, 2.05) is 12.3 Å². The lowest BCUT2D eigenvalue weighted by Crippen LogP contribution is -2.34. The Kier molecular flexibility index (Phi) is 4.57. The Labute approximate surface area is 107 Å². The van der Waals surface area contributed by atoms with Crippen LogP contribution in [0.25, 0.3) is 0 Å². The van der Waals surface area contributed by atoms with Crippen LogP contribution in [0, 0.1) is 5.92 Å². The van der Waals surface area contributed by atoms with Crippen LogP contribution in [0.5, 0.6) is 0 Å². The lowest BCUT2D eigenvalue weighted by molar-refractivity contribution is -0.122. The molecular weight excluding hydrogens is 232 g/mol. The summed E-state index contributed by atoms with van der Waals surface area (Å²) in [4.78, 5) is 11.9. The predicted molar refractivity (Wildman–Crippen MR) is 71.1 cm³/mol. The summed E-state index contributed by atoms with van der Waals surface area (Å²) in [7, 11) is 0. The van der Waals surface area contributed by atoms with E-state index in [4.69, 9.17) is 0 Å². The Hall–Kier alpha value is -0.870. The lowest BCUT2D eigenvalue weighted by atomic mass is 9.96. The fourth-order valence-corrected chi connectivity index (χ4v) is 3.02. The number of amides is 1. The van der Waals surface area contributed by atoms with E-state index >= 15 is 0 Å². The zero-order valence-electron chi connectivity index (χ0n) is 10.2. The van der Waals surface area contributed by atoms with Gasteiger partial charge in [-0.1, -0.05) is 0 Å². The largest absolute Gasteiger partial charge is 0.350 e. The maximum absolute atomic E-state index is 11.9. The van der Waals surface area contributed by atoms with Crippen molar-refractivity contribution in [2.24, 2.45) is 5.92 Å². The smallest absolute Gasteiger partial charge is 0.220 e. The quantitative estimate of drug-likeness (QED) is 0.863. The Morgan fingerprint density at radius 1 is 1.71 bits per heavy atom. The second-order valence-corrected chi connectivity index (χ2v) is 5.54. The number of nitrogens with one attached hydrogen (secondary N) is 2. The average molecular weight is 252 g/mol. The number of piperidine rings is 1. The Morgan fingerprint density at radius 2 is 2.59 bits per heavy atom. The highest BCUT2D eigenvalue weighted by atomic mass is 32.1. The van der Waals surface area contributed by atoms with Gasteiger partial charge in [0.25, 0.3) is 0 Å². The first-order valence-electron chi connectivity index (χ1n) is 6.28. The standard InChI is InChI=1S/C13H20N2OS/c1-10(12-4-6-17-9-12)15-13(16)7-11-3-2-5-14-8-11/h4,6,9-11,14H,2-3,5,7-8H2,1H3,(H,15,16). The van der Waals surface area contributed by atoms with Gasteiger partial charge >= 0.3 is 0 Å². The summed E-state index contributed by atoms with van der Waals surface area (Å²) in [5.74, 6) is 0.691. The molecule has 2 N–H and O–H groups in total. The molecule has 1 saturated heterocycles. The van der Waals surface area contributed by atoms with Crippen LogP contribution in [-0.2, 0) is 4.79 Å². The summed E-state index contributed by atoms with van der Waals surface area (Å²) in [6.45, 7) is 4.13. The minimum absolute atomic E-state index is 0.130. The fraction of sp³-hybridized carbons (Fsp3) is 0.615. The molecule has 0 spiro atoms. The van der Waals surface area contributed by atoms with E-state index in [1.165, 1.54) is 18.4 Å². The van der Waals surface area contributed by atoms with Crippen LogP contribution in [0.4, 0.5) is 0 Å². The van der Waals surface area contributed by atoms with E-state index in [9.17, 15) is 4.79 Å². The molecule has 0 radical (unpaired) electrons. The van der Waals surface area contributed by atoms with Crippen molar-refractivity contribution in [3.8, 4) is 0 Å². The van der Waals surface area contributed by atoms with Crippen molar-refractivity contribution in [1.29, 1.82) is 0 Å². The van der Waals surface area contributed by atoms with Crippen LogP contribution in [0.1, 0.15) is 37.8 Å². The highest BCUT2D eigenvalue weighted by molar-refractivity contribution is 7.07. The monoisotopic (exact) mass is 252 g/mol. The molecular formula is C13H20N2OS. The van der Waals surface area contributed by atoms with Gasteiger partial charge in [-0.15, -0.1) is 0 Å². The summed E-state index contributed by atoms with van der Waals surface area (Å²) >= 11 is 1.67. The van der Waals surface area contributed by atoms with Crippen LogP contribution in [0.15, 0.2) is 16.8 Å². The summed E-state index contributed by atoms with van der Waals surface area (Å²) in [6, 6.07) is 2.20. The molecule has 1 aliphatic heterocycles. The normalized spacial score (nSPS) is 22.1. The summed E-state index contributed by atoms with van der Waals surface area (Å²) < 4.78 is 0. The number of carbonyl (C=O) groups is 1. The van der Waals surface area contributed by atoms with Gasteiger partial charge in [-0.2, -0.15) is 11.3 Å². The molecule has 1 aromatic heterocycles. The molecule has 94 valence electrons. The van der Waals surface area contributed by atoms with Gasteiger partial charge in [-0.25, -0.2) is 0 Å². The molecule has 1 aliphatic rings. The first kappa shape index (κ1) is 12.6. The molecule has 2 atom stereocenters. The first-order valence-corrected chi connectivity index (χ1v) is 7.22. The zero-order chi connectivity index (χ0) is 12.1. The molecule has 2 heterocycles. The van der Waals surface area contributed by atoms with Crippen LogP contribution < -0.4 is 10.6 Å². The van der Waals surface area contributed by atoms with Crippen molar-refractivity contribution >= 4 is 17.2 Å². The molecule has 3 nitrogen and oxygen atoms in total. The second kappa shape index (κ2) is 6.17. The van der Waals surface area contributed by atoms with Gasteiger partial charge in [0.15, 0.2) is 0 Å². The lowest BCUT2D eigenvalue weighted by Gasteiger charge is -2.23. The minimum Gasteiger partial charge on any atom is -0.350 e. The molecule has 1 fully saturated rings. The Bertz CT molecular complexity index is 344. The third kappa shape index (κ3) is 3.82. The molecule has 0 saturated carbocycles. The highest BCUT2D eigenvalue weighted by Gasteiger charge is 2.18. The van der Waals surface area contributed by atoms with E-state index in [-0.39, 0.29) is 11.9 Å². The third-order valence-electron chi connectivity index (χ3n) is 3.29. The highest BCUT2D eigenvalue weighted by Crippen LogP contribution is 2.17. The van der Waals surface area contributed by atoms with Gasteiger partial charge in [0, 0.05) is 6.42 Å². The number of rotatable bonds is 4. The first-order chi connectivity index (χ1) is 8.25. The molecule has 17 heavy (non-hydrogen) atoms. The number of hydrogen-bond donors (Lipinski definition) is 2. The molecule has 1 amide bonds. The van der Waals surface area contributed by atoms with Crippen molar-refractivity contribution in [3.63, 3.8) is 0 Å². The minimum atomic E-state index is 0.130. The molecule has 1 aromatic rings. The van der Waals surface area contributed by atoms with Crippen LogP contribution in [0.2, 0.25) is 0 Å². The van der Waals surface area contributed by atoms with Crippen molar-refractivity contribution in [2.45, 2.75) is 32.2 Å². The van der Waals surface area contributed by atoms with Gasteiger partial charge in [0.1, 0.15) is 0 Å². The molecule has 0 aromatic carbocycles. The average Bonchev–Trinajstić information content (AvgIpc) is 2.83. The topological polar surface area (TPSA) is 41.1 Å². The van der Waals surface area contributed by atoms with E-state index in [1.54, 1.807) is 11.3 Å². The number of thiophene rings is 1. The second-order valence-electron chi connectivity index (χ2n) is 4.76. The maximum Gasteiger partial charge on any atom is 0.220 e. The van der Waals surface area contributed by atoms with Crippen molar-refractivity contribution in [2.75, 3.05) is 13.1 Å². The summed E-state index contributed by atoms with van der Waals surface area (Å²) in [5.41, 5.74) is 1.20. The third-order valence-corrected chi connectivity index (χ3v) is 4.00. The van der Waals surface area contributed by atoms with E-state index in [0.717, 1.165) is 13.1 Å². The van der Waals surface area contributed by atoms with E-state index < -0.39 is 0 Å². The molecule has 4 heteroatoms. The van der Waals surface area contributed by atoms with Gasteiger partial charge in [-0.3, -0.25) is 4.79 Å². The van der Waals surface area contributed by atoms with Crippen molar-refractivity contribution < 1.29 is 4.79 Å². The summed E-state index contributed by atoms with van der Waals surface area (Å²) in [6.07, 6.45) is 3.02.